The summed E-state index contributed by atoms with van der Waals surface area (Å²) in [7, 11) is 0. The molecule has 0 spiro atoms. The second-order valence-corrected chi connectivity index (χ2v) is 7.78. The van der Waals surface area contributed by atoms with Crippen LogP contribution in [0.5, 0.6) is 11.5 Å². The van der Waals surface area contributed by atoms with Gasteiger partial charge in [0.25, 0.3) is 0 Å². The second-order valence-electron chi connectivity index (χ2n) is 7.78. The van der Waals surface area contributed by atoms with Crippen molar-refractivity contribution in [2.24, 2.45) is 5.92 Å². The van der Waals surface area contributed by atoms with Gasteiger partial charge >= 0.3 is 0 Å². The Hall–Kier alpha value is -3.62. The first-order valence-electron chi connectivity index (χ1n) is 10.4. The van der Waals surface area contributed by atoms with Crippen molar-refractivity contribution < 1.29 is 14.3 Å². The quantitative estimate of drug-likeness (QED) is 0.676. The van der Waals surface area contributed by atoms with Gasteiger partial charge in [-0.3, -0.25) is 9.36 Å². The lowest BCUT2D eigenvalue weighted by molar-refractivity contribution is -0.125. The van der Waals surface area contributed by atoms with E-state index >= 15 is 0 Å². The third kappa shape index (κ3) is 4.03. The summed E-state index contributed by atoms with van der Waals surface area (Å²) in [6, 6.07) is 9.61. The summed E-state index contributed by atoms with van der Waals surface area (Å²) >= 11 is 0. The summed E-state index contributed by atoms with van der Waals surface area (Å²) < 4.78 is 12.6. The van der Waals surface area contributed by atoms with Crippen molar-refractivity contribution in [2.45, 2.75) is 26.3 Å². The standard InChI is InChI=1S/C22H24N6O3/c1-15-23-8-10-28(15)21-7-6-20(25-26-21)27-9-2-3-17(13-27)22(29)24-12-16-4-5-18-19(11-16)31-14-30-18/h4-8,10-11,17H,2-3,9,12-14H2,1H3,(H,24,29)/t17-/m0/s1. The number of piperidine rings is 1. The van der Waals surface area contributed by atoms with Gasteiger partial charge in [0.05, 0.1) is 5.92 Å². The lowest BCUT2D eigenvalue weighted by Crippen LogP contribution is -2.43. The number of nitrogens with one attached hydrogen (secondary N) is 1. The van der Waals surface area contributed by atoms with Gasteiger partial charge < -0.3 is 19.7 Å². The Morgan fingerprint density at radius 1 is 1.16 bits per heavy atom. The number of hydrogen-bond acceptors (Lipinski definition) is 7. The fourth-order valence-electron chi connectivity index (χ4n) is 4.02. The molecule has 1 N–H and O–H groups in total. The van der Waals surface area contributed by atoms with Crippen molar-refractivity contribution in [3.8, 4) is 17.3 Å². The minimum Gasteiger partial charge on any atom is -0.454 e. The van der Waals surface area contributed by atoms with E-state index in [1.54, 1.807) is 6.20 Å². The van der Waals surface area contributed by atoms with E-state index in [0.717, 1.165) is 53.9 Å². The number of carbonyl (C=O) groups is 1. The van der Waals surface area contributed by atoms with Crippen molar-refractivity contribution in [1.82, 2.24) is 25.1 Å². The van der Waals surface area contributed by atoms with Crippen molar-refractivity contribution in [1.29, 1.82) is 0 Å². The van der Waals surface area contributed by atoms with Crippen LogP contribution in [0.4, 0.5) is 5.82 Å². The zero-order valence-corrected chi connectivity index (χ0v) is 17.3. The number of amides is 1. The molecule has 2 aromatic heterocycles. The predicted octanol–water partition coefficient (Wildman–Crippen LogP) is 2.23. The van der Waals surface area contributed by atoms with E-state index in [-0.39, 0.29) is 18.6 Å². The molecule has 0 radical (unpaired) electrons. The average Bonchev–Trinajstić information content (AvgIpc) is 3.46. The number of nitrogens with zero attached hydrogens (tertiary/aromatic N) is 5. The van der Waals surface area contributed by atoms with Crippen molar-refractivity contribution in [2.75, 3.05) is 24.8 Å². The average molecular weight is 420 g/mol. The van der Waals surface area contributed by atoms with Gasteiger partial charge in [0.2, 0.25) is 12.7 Å². The fourth-order valence-corrected chi connectivity index (χ4v) is 4.02. The van der Waals surface area contributed by atoms with Crippen LogP contribution in [0.1, 0.15) is 24.2 Å². The van der Waals surface area contributed by atoms with Crippen LogP contribution < -0.4 is 19.7 Å². The maximum atomic E-state index is 12.8. The van der Waals surface area contributed by atoms with Gasteiger partial charge in [0, 0.05) is 32.0 Å². The van der Waals surface area contributed by atoms with Gasteiger partial charge in [-0.2, -0.15) is 0 Å². The highest BCUT2D eigenvalue weighted by molar-refractivity contribution is 5.79. The van der Waals surface area contributed by atoms with Gasteiger partial charge in [-0.1, -0.05) is 6.07 Å². The maximum Gasteiger partial charge on any atom is 0.231 e. The molecule has 3 aromatic rings. The molecule has 0 saturated carbocycles. The number of hydrogen-bond donors (Lipinski definition) is 1. The van der Waals surface area contributed by atoms with Crippen molar-refractivity contribution in [3.05, 3.63) is 54.1 Å². The Morgan fingerprint density at radius 3 is 2.81 bits per heavy atom. The van der Waals surface area contributed by atoms with Crippen LogP contribution in [0.15, 0.2) is 42.7 Å². The number of imidazole rings is 1. The molecule has 1 fully saturated rings. The largest absolute Gasteiger partial charge is 0.454 e. The second kappa shape index (κ2) is 8.25. The highest BCUT2D eigenvalue weighted by atomic mass is 16.7. The maximum absolute atomic E-state index is 12.8. The number of aromatic nitrogens is 4. The molecule has 160 valence electrons. The Balaban J connectivity index is 1.20. The van der Waals surface area contributed by atoms with E-state index in [2.05, 4.69) is 25.4 Å². The van der Waals surface area contributed by atoms with Crippen LogP contribution in [0.3, 0.4) is 0 Å². The van der Waals surface area contributed by atoms with Gasteiger partial charge in [-0.05, 0) is 49.6 Å². The molecule has 1 aromatic carbocycles. The Labute approximate surface area is 180 Å². The molecule has 0 bridgehead atoms. The smallest absolute Gasteiger partial charge is 0.231 e. The molecular weight excluding hydrogens is 396 g/mol. The number of aryl methyl sites for hydroxylation is 1. The van der Waals surface area contributed by atoms with Crippen LogP contribution in [0, 0.1) is 12.8 Å². The van der Waals surface area contributed by atoms with E-state index in [9.17, 15) is 4.79 Å². The third-order valence-electron chi connectivity index (χ3n) is 5.73. The summed E-state index contributed by atoms with van der Waals surface area (Å²) in [4.78, 5) is 19.1. The number of fused-ring (bicyclic) bond motifs is 1. The number of benzene rings is 1. The van der Waals surface area contributed by atoms with E-state index in [1.165, 1.54) is 0 Å². The predicted molar refractivity (Wildman–Crippen MR) is 113 cm³/mol. The first kappa shape index (κ1) is 19.3. The summed E-state index contributed by atoms with van der Waals surface area (Å²) in [5.41, 5.74) is 0.988. The number of rotatable bonds is 5. The molecule has 1 amide bonds. The summed E-state index contributed by atoms with van der Waals surface area (Å²) in [6.07, 6.45) is 5.40. The SMILES string of the molecule is Cc1nccn1-c1ccc(N2CCC[C@H](C(=O)NCc3ccc4c(c3)OCO4)C2)nn1. The van der Waals surface area contributed by atoms with Crippen LogP contribution in [-0.2, 0) is 11.3 Å². The summed E-state index contributed by atoms with van der Waals surface area (Å²) in [5.74, 6) is 3.82. The molecular formula is C22H24N6O3. The molecule has 31 heavy (non-hydrogen) atoms. The first-order chi connectivity index (χ1) is 15.2. The zero-order chi connectivity index (χ0) is 21.2. The molecule has 1 saturated heterocycles. The minimum absolute atomic E-state index is 0.0565. The third-order valence-corrected chi connectivity index (χ3v) is 5.73. The van der Waals surface area contributed by atoms with E-state index in [4.69, 9.17) is 9.47 Å². The normalized spacial score (nSPS) is 17.6. The minimum atomic E-state index is -0.0832. The highest BCUT2D eigenvalue weighted by Crippen LogP contribution is 2.32. The summed E-state index contributed by atoms with van der Waals surface area (Å²) in [5, 5.41) is 11.8. The van der Waals surface area contributed by atoms with E-state index < -0.39 is 0 Å². The lowest BCUT2D eigenvalue weighted by Gasteiger charge is -2.32. The fraction of sp³-hybridized carbons (Fsp3) is 0.364. The van der Waals surface area contributed by atoms with Crippen LogP contribution >= 0.6 is 0 Å². The van der Waals surface area contributed by atoms with Gasteiger partial charge in [0.1, 0.15) is 5.82 Å². The lowest BCUT2D eigenvalue weighted by atomic mass is 9.97. The Morgan fingerprint density at radius 2 is 2.00 bits per heavy atom. The molecule has 4 heterocycles. The Kier molecular flexibility index (Phi) is 5.15. The van der Waals surface area contributed by atoms with Gasteiger partial charge in [0.15, 0.2) is 23.1 Å². The summed E-state index contributed by atoms with van der Waals surface area (Å²) in [6.45, 7) is 4.13. The topological polar surface area (TPSA) is 94.4 Å². The highest BCUT2D eigenvalue weighted by Gasteiger charge is 2.27. The van der Waals surface area contributed by atoms with E-state index in [1.807, 2.05) is 48.0 Å². The molecule has 0 aliphatic carbocycles. The molecule has 0 unspecified atom stereocenters. The monoisotopic (exact) mass is 420 g/mol. The van der Waals surface area contributed by atoms with Crippen LogP contribution in [0.2, 0.25) is 0 Å². The molecule has 9 nitrogen and oxygen atoms in total. The molecule has 5 rings (SSSR count). The first-order valence-corrected chi connectivity index (χ1v) is 10.4. The molecule has 2 aliphatic rings. The van der Waals surface area contributed by atoms with E-state index in [0.29, 0.717) is 13.1 Å². The van der Waals surface area contributed by atoms with Gasteiger partial charge in [-0.25, -0.2) is 4.98 Å². The van der Waals surface area contributed by atoms with Crippen molar-refractivity contribution >= 4 is 11.7 Å². The molecule has 9 heteroatoms. The number of carbonyl (C=O) groups excluding carboxylic acids is 1. The van der Waals surface area contributed by atoms with Gasteiger partial charge in [-0.15, -0.1) is 10.2 Å². The number of ether oxygens (including phenoxy) is 2. The Bertz CT molecular complexity index is 1080. The van der Waals surface area contributed by atoms with Crippen LogP contribution in [0.25, 0.3) is 5.82 Å². The van der Waals surface area contributed by atoms with Crippen molar-refractivity contribution in [3.63, 3.8) is 0 Å². The molecule has 1 atom stereocenters. The molecule has 2 aliphatic heterocycles. The number of anilines is 1. The van der Waals surface area contributed by atoms with Crippen LogP contribution in [-0.4, -0.2) is 45.5 Å². The zero-order valence-electron chi connectivity index (χ0n) is 17.3.